The lowest BCUT2D eigenvalue weighted by atomic mass is 9.97. The fourth-order valence-corrected chi connectivity index (χ4v) is 2.89. The van der Waals surface area contributed by atoms with Gasteiger partial charge in [-0.2, -0.15) is 4.98 Å². The fraction of sp³-hybridized carbons (Fsp3) is 0.800. The van der Waals surface area contributed by atoms with Gasteiger partial charge in [0.1, 0.15) is 0 Å². The monoisotopic (exact) mass is 293 g/mol. The molecule has 1 saturated heterocycles. The molecule has 116 valence electrons. The zero-order valence-electron chi connectivity index (χ0n) is 12.7. The molecule has 21 heavy (non-hydrogen) atoms. The van der Waals surface area contributed by atoms with Crippen molar-refractivity contribution in [3.63, 3.8) is 0 Å². The number of carbonyl (C=O) groups is 1. The number of nitrogens with zero attached hydrogens (tertiary/aromatic N) is 3. The summed E-state index contributed by atoms with van der Waals surface area (Å²) in [4.78, 5) is 18.7. The summed E-state index contributed by atoms with van der Waals surface area (Å²) in [6.45, 7) is 6.02. The standard InChI is InChI=1S/C15H23N3O3/c1-3-20-15(19)12-5-4-8-18(9-12)10(2)14-16-13(17-21-14)11-6-7-11/h10-12H,3-9H2,1-2H3/t10-,12-/m0/s1. The summed E-state index contributed by atoms with van der Waals surface area (Å²) >= 11 is 0. The van der Waals surface area contributed by atoms with E-state index in [1.165, 1.54) is 12.8 Å². The Hall–Kier alpha value is -1.43. The molecular weight excluding hydrogens is 270 g/mol. The highest BCUT2D eigenvalue weighted by Crippen LogP contribution is 2.38. The highest BCUT2D eigenvalue weighted by atomic mass is 16.5. The second-order valence-corrected chi connectivity index (χ2v) is 6.03. The molecule has 2 heterocycles. The van der Waals surface area contributed by atoms with Crippen LogP contribution >= 0.6 is 0 Å². The lowest BCUT2D eigenvalue weighted by Gasteiger charge is -2.34. The SMILES string of the molecule is CCOC(=O)[C@H]1CCCN([C@@H](C)c2nc(C3CC3)no2)C1. The molecule has 0 N–H and O–H groups in total. The van der Waals surface area contributed by atoms with E-state index in [1.807, 2.05) is 6.92 Å². The molecule has 0 spiro atoms. The number of likely N-dealkylation sites (tertiary alicyclic amines) is 1. The van der Waals surface area contributed by atoms with E-state index in [2.05, 4.69) is 22.0 Å². The summed E-state index contributed by atoms with van der Waals surface area (Å²) in [5.41, 5.74) is 0. The third kappa shape index (κ3) is 3.26. The van der Waals surface area contributed by atoms with Gasteiger partial charge >= 0.3 is 5.97 Å². The van der Waals surface area contributed by atoms with Crippen LogP contribution in [0, 0.1) is 5.92 Å². The first-order valence-corrected chi connectivity index (χ1v) is 7.93. The summed E-state index contributed by atoms with van der Waals surface area (Å²) in [5, 5.41) is 4.07. The van der Waals surface area contributed by atoms with Gasteiger partial charge in [-0.3, -0.25) is 9.69 Å². The lowest BCUT2D eigenvalue weighted by Crippen LogP contribution is -2.40. The maximum Gasteiger partial charge on any atom is 0.310 e. The van der Waals surface area contributed by atoms with Gasteiger partial charge < -0.3 is 9.26 Å². The van der Waals surface area contributed by atoms with Gasteiger partial charge in [-0.05, 0) is 46.1 Å². The molecule has 0 unspecified atom stereocenters. The molecule has 3 rings (SSSR count). The van der Waals surface area contributed by atoms with Crippen molar-refractivity contribution >= 4 is 5.97 Å². The summed E-state index contributed by atoms with van der Waals surface area (Å²) in [6, 6.07) is 0.0576. The second-order valence-electron chi connectivity index (χ2n) is 6.03. The van der Waals surface area contributed by atoms with Crippen molar-refractivity contribution in [1.82, 2.24) is 15.0 Å². The van der Waals surface area contributed by atoms with Crippen molar-refractivity contribution in [2.75, 3.05) is 19.7 Å². The predicted molar refractivity (Wildman–Crippen MR) is 75.6 cm³/mol. The van der Waals surface area contributed by atoms with Crippen LogP contribution in [0.2, 0.25) is 0 Å². The number of ether oxygens (including phenoxy) is 1. The molecule has 1 aliphatic carbocycles. The van der Waals surface area contributed by atoms with Gasteiger partial charge in [0.15, 0.2) is 5.82 Å². The van der Waals surface area contributed by atoms with Crippen LogP contribution in [-0.2, 0) is 9.53 Å². The van der Waals surface area contributed by atoms with Gasteiger partial charge in [0.25, 0.3) is 0 Å². The van der Waals surface area contributed by atoms with Crippen LogP contribution in [0.15, 0.2) is 4.52 Å². The lowest BCUT2D eigenvalue weighted by molar-refractivity contribution is -0.150. The molecule has 0 aromatic carbocycles. The highest BCUT2D eigenvalue weighted by molar-refractivity contribution is 5.72. The third-order valence-corrected chi connectivity index (χ3v) is 4.38. The Morgan fingerprint density at radius 1 is 1.48 bits per heavy atom. The minimum atomic E-state index is -0.0846. The van der Waals surface area contributed by atoms with Crippen molar-refractivity contribution in [2.24, 2.45) is 5.92 Å². The molecule has 1 saturated carbocycles. The molecule has 1 aromatic heterocycles. The predicted octanol–water partition coefficient (Wildman–Crippen LogP) is 2.28. The van der Waals surface area contributed by atoms with Crippen LogP contribution in [0.25, 0.3) is 0 Å². The Kier molecular flexibility index (Phi) is 4.24. The zero-order chi connectivity index (χ0) is 14.8. The van der Waals surface area contributed by atoms with Crippen LogP contribution in [0.1, 0.15) is 63.2 Å². The number of rotatable bonds is 5. The highest BCUT2D eigenvalue weighted by Gasteiger charge is 2.33. The smallest absolute Gasteiger partial charge is 0.310 e. The van der Waals surface area contributed by atoms with Gasteiger partial charge in [-0.1, -0.05) is 5.16 Å². The molecule has 0 amide bonds. The van der Waals surface area contributed by atoms with E-state index in [0.717, 1.165) is 25.2 Å². The van der Waals surface area contributed by atoms with E-state index < -0.39 is 0 Å². The largest absolute Gasteiger partial charge is 0.466 e. The van der Waals surface area contributed by atoms with Gasteiger partial charge in [0.2, 0.25) is 5.89 Å². The van der Waals surface area contributed by atoms with E-state index in [9.17, 15) is 4.79 Å². The molecule has 6 nitrogen and oxygen atoms in total. The molecule has 0 bridgehead atoms. The summed E-state index contributed by atoms with van der Waals surface area (Å²) in [5.74, 6) is 1.89. The van der Waals surface area contributed by atoms with Crippen LogP contribution in [-0.4, -0.2) is 40.7 Å². The van der Waals surface area contributed by atoms with E-state index >= 15 is 0 Å². The minimum Gasteiger partial charge on any atom is -0.466 e. The van der Waals surface area contributed by atoms with Crippen molar-refractivity contribution in [1.29, 1.82) is 0 Å². The Morgan fingerprint density at radius 2 is 2.29 bits per heavy atom. The summed E-state index contributed by atoms with van der Waals surface area (Å²) < 4.78 is 10.5. The molecule has 1 aliphatic heterocycles. The molecule has 6 heteroatoms. The average Bonchev–Trinajstić information content (AvgIpc) is 3.24. The molecule has 2 fully saturated rings. The van der Waals surface area contributed by atoms with E-state index in [4.69, 9.17) is 9.26 Å². The summed E-state index contributed by atoms with van der Waals surface area (Å²) in [6.07, 6.45) is 4.24. The van der Waals surface area contributed by atoms with Crippen molar-refractivity contribution in [3.05, 3.63) is 11.7 Å². The number of hydrogen-bond acceptors (Lipinski definition) is 6. The summed E-state index contributed by atoms with van der Waals surface area (Å²) in [7, 11) is 0. The number of hydrogen-bond donors (Lipinski definition) is 0. The van der Waals surface area contributed by atoms with Crippen LogP contribution in [0.4, 0.5) is 0 Å². The maximum absolute atomic E-state index is 11.9. The first-order chi connectivity index (χ1) is 10.2. The van der Waals surface area contributed by atoms with Crippen LogP contribution in [0.3, 0.4) is 0 Å². The van der Waals surface area contributed by atoms with Gasteiger partial charge in [-0.25, -0.2) is 0 Å². The Morgan fingerprint density at radius 3 is 3.00 bits per heavy atom. The number of aromatic nitrogens is 2. The van der Waals surface area contributed by atoms with Crippen LogP contribution < -0.4 is 0 Å². The van der Waals surface area contributed by atoms with Crippen molar-refractivity contribution < 1.29 is 14.1 Å². The van der Waals surface area contributed by atoms with Crippen molar-refractivity contribution in [3.8, 4) is 0 Å². The van der Waals surface area contributed by atoms with E-state index in [1.54, 1.807) is 0 Å². The normalized spacial score (nSPS) is 24.8. The van der Waals surface area contributed by atoms with Gasteiger partial charge in [-0.15, -0.1) is 0 Å². The molecule has 2 aliphatic rings. The quantitative estimate of drug-likeness (QED) is 0.776. The van der Waals surface area contributed by atoms with E-state index in [-0.39, 0.29) is 17.9 Å². The number of esters is 1. The molecular formula is C15H23N3O3. The van der Waals surface area contributed by atoms with Gasteiger partial charge in [0, 0.05) is 12.5 Å². The van der Waals surface area contributed by atoms with E-state index in [0.29, 0.717) is 25.0 Å². The van der Waals surface area contributed by atoms with Crippen LogP contribution in [0.5, 0.6) is 0 Å². The third-order valence-electron chi connectivity index (χ3n) is 4.38. The average molecular weight is 293 g/mol. The number of piperidine rings is 1. The second kappa shape index (κ2) is 6.13. The Labute approximate surface area is 124 Å². The first-order valence-electron chi connectivity index (χ1n) is 7.93. The molecule has 0 radical (unpaired) electrons. The Bertz CT molecular complexity index is 498. The topological polar surface area (TPSA) is 68.5 Å². The maximum atomic E-state index is 11.9. The Balaban J connectivity index is 1.62. The van der Waals surface area contributed by atoms with Crippen molar-refractivity contribution in [2.45, 2.75) is 51.5 Å². The van der Waals surface area contributed by atoms with Gasteiger partial charge in [0.05, 0.1) is 18.6 Å². The minimum absolute atomic E-state index is 0.0352. The molecule has 1 aromatic rings. The first kappa shape index (κ1) is 14.5. The zero-order valence-corrected chi connectivity index (χ0v) is 12.7. The fourth-order valence-electron chi connectivity index (χ4n) is 2.89. The number of carbonyl (C=O) groups excluding carboxylic acids is 1. The molecule has 2 atom stereocenters.